The van der Waals surface area contributed by atoms with E-state index < -0.39 is 33.8 Å². The van der Waals surface area contributed by atoms with Crippen LogP contribution in [0.25, 0.3) is 0 Å². The number of carboxylic acids is 1. The molecule has 0 radical (unpaired) electrons. The van der Waals surface area contributed by atoms with E-state index in [2.05, 4.69) is 4.72 Å². The van der Waals surface area contributed by atoms with Crippen molar-refractivity contribution in [3.05, 3.63) is 24.0 Å². The van der Waals surface area contributed by atoms with Crippen LogP contribution in [0.3, 0.4) is 0 Å². The molecular weight excluding hydrogens is 317 g/mol. The average molecular weight is 333 g/mol. The molecule has 1 atom stereocenters. The summed E-state index contributed by atoms with van der Waals surface area (Å²) in [6, 6.07) is 3.01. The van der Waals surface area contributed by atoms with E-state index in [0.29, 0.717) is 0 Å². The van der Waals surface area contributed by atoms with Crippen molar-refractivity contribution in [3.63, 3.8) is 0 Å². The highest BCUT2D eigenvalue weighted by molar-refractivity contribution is 7.89. The van der Waals surface area contributed by atoms with Gasteiger partial charge < -0.3 is 14.6 Å². The van der Waals surface area contributed by atoms with Crippen molar-refractivity contribution in [2.24, 2.45) is 0 Å². The fraction of sp³-hybridized carbons (Fsp3) is 0.462. The Morgan fingerprint density at radius 3 is 2.82 bits per heavy atom. The van der Waals surface area contributed by atoms with Crippen molar-refractivity contribution in [1.29, 1.82) is 0 Å². The number of aliphatic carboxylic acids is 1. The highest BCUT2D eigenvalue weighted by atomic mass is 32.2. The summed E-state index contributed by atoms with van der Waals surface area (Å²) in [6.45, 7) is 0.221. The lowest BCUT2D eigenvalue weighted by Crippen LogP contribution is -2.50. The Labute approximate surface area is 127 Å². The topological polar surface area (TPSA) is 102 Å². The molecule has 1 saturated heterocycles. The molecule has 1 unspecified atom stereocenters. The first-order chi connectivity index (χ1) is 10.3. The van der Waals surface area contributed by atoms with Gasteiger partial charge >= 0.3 is 5.97 Å². The predicted molar refractivity (Wildman–Crippen MR) is 73.7 cm³/mol. The van der Waals surface area contributed by atoms with E-state index in [0.717, 1.165) is 18.2 Å². The van der Waals surface area contributed by atoms with Gasteiger partial charge in [-0.25, -0.2) is 17.5 Å². The lowest BCUT2D eigenvalue weighted by atomic mass is 9.96. The van der Waals surface area contributed by atoms with Crippen molar-refractivity contribution in [1.82, 2.24) is 4.72 Å². The van der Waals surface area contributed by atoms with Gasteiger partial charge in [-0.3, -0.25) is 4.79 Å². The first kappa shape index (κ1) is 16.7. The van der Waals surface area contributed by atoms with Crippen LogP contribution in [-0.2, 0) is 19.6 Å². The molecule has 0 spiro atoms. The minimum absolute atomic E-state index is 0.0396. The maximum absolute atomic E-state index is 13.2. The Morgan fingerprint density at radius 1 is 1.55 bits per heavy atom. The summed E-state index contributed by atoms with van der Waals surface area (Å²) in [6.07, 6.45) is -0.169. The summed E-state index contributed by atoms with van der Waals surface area (Å²) in [5.41, 5.74) is -1.22. The molecule has 22 heavy (non-hydrogen) atoms. The molecular formula is C13H16FNO6S. The second-order valence-electron chi connectivity index (χ2n) is 5.05. The van der Waals surface area contributed by atoms with Gasteiger partial charge in [0.2, 0.25) is 10.0 Å². The summed E-state index contributed by atoms with van der Waals surface area (Å²) < 4.78 is 50.6. The minimum atomic E-state index is -4.09. The number of rotatable bonds is 6. The highest BCUT2D eigenvalue weighted by Gasteiger charge is 2.41. The third-order valence-corrected chi connectivity index (χ3v) is 4.98. The van der Waals surface area contributed by atoms with Gasteiger partial charge in [-0.2, -0.15) is 0 Å². The van der Waals surface area contributed by atoms with Crippen molar-refractivity contribution in [2.75, 3.05) is 20.3 Å². The number of carbonyl (C=O) groups is 1. The Morgan fingerprint density at radius 2 is 2.27 bits per heavy atom. The van der Waals surface area contributed by atoms with Crippen LogP contribution in [0.5, 0.6) is 5.75 Å². The number of hydrogen-bond acceptors (Lipinski definition) is 5. The molecule has 0 aromatic heterocycles. The zero-order valence-corrected chi connectivity index (χ0v) is 12.7. The van der Waals surface area contributed by atoms with Crippen LogP contribution in [0.4, 0.5) is 4.39 Å². The number of nitrogens with one attached hydrogen (secondary N) is 1. The summed E-state index contributed by atoms with van der Waals surface area (Å²) in [5, 5.41) is 8.98. The summed E-state index contributed by atoms with van der Waals surface area (Å²) in [7, 11) is -2.87. The molecule has 9 heteroatoms. The Hall–Kier alpha value is -1.71. The molecule has 2 rings (SSSR count). The molecule has 0 aliphatic carbocycles. The van der Waals surface area contributed by atoms with Crippen LogP contribution >= 0.6 is 0 Å². The molecule has 1 aliphatic rings. The normalized spacial score (nSPS) is 21.7. The van der Waals surface area contributed by atoms with E-state index >= 15 is 0 Å². The average Bonchev–Trinajstić information content (AvgIpc) is 2.84. The lowest BCUT2D eigenvalue weighted by molar-refractivity contribution is -0.138. The van der Waals surface area contributed by atoms with E-state index in [9.17, 15) is 17.6 Å². The van der Waals surface area contributed by atoms with Crippen molar-refractivity contribution in [2.45, 2.75) is 23.3 Å². The van der Waals surface area contributed by atoms with Crippen LogP contribution in [0.15, 0.2) is 23.1 Å². The minimum Gasteiger partial charge on any atom is -0.495 e. The molecule has 1 heterocycles. The van der Waals surface area contributed by atoms with Gasteiger partial charge in [0.25, 0.3) is 0 Å². The highest BCUT2D eigenvalue weighted by Crippen LogP contribution is 2.29. The van der Waals surface area contributed by atoms with Crippen LogP contribution in [0.2, 0.25) is 0 Å². The molecule has 0 amide bonds. The maximum atomic E-state index is 13.2. The van der Waals surface area contributed by atoms with E-state index in [-0.39, 0.29) is 30.3 Å². The second kappa shape index (κ2) is 6.19. The molecule has 1 aliphatic heterocycles. The summed E-state index contributed by atoms with van der Waals surface area (Å²) in [5.74, 6) is -1.93. The van der Waals surface area contributed by atoms with Crippen LogP contribution < -0.4 is 9.46 Å². The molecule has 1 fully saturated rings. The number of carboxylic acid groups (broad SMARTS) is 1. The van der Waals surface area contributed by atoms with E-state index in [1.165, 1.54) is 7.11 Å². The monoisotopic (exact) mass is 333 g/mol. The third-order valence-electron chi connectivity index (χ3n) is 3.36. The zero-order valence-electron chi connectivity index (χ0n) is 11.8. The SMILES string of the molecule is COc1cc(F)ccc1S(=O)(=O)NC1(CC(=O)O)CCOC1. The van der Waals surface area contributed by atoms with E-state index in [1.54, 1.807) is 0 Å². The fourth-order valence-corrected chi connectivity index (χ4v) is 3.92. The van der Waals surface area contributed by atoms with E-state index in [1.807, 2.05) is 0 Å². The molecule has 7 nitrogen and oxygen atoms in total. The van der Waals surface area contributed by atoms with Gasteiger partial charge in [0.05, 0.1) is 25.7 Å². The third kappa shape index (κ3) is 3.54. The Kier molecular flexibility index (Phi) is 4.69. The van der Waals surface area contributed by atoms with Crippen LogP contribution in [-0.4, -0.2) is 45.4 Å². The zero-order chi connectivity index (χ0) is 16.4. The predicted octanol–water partition coefficient (Wildman–Crippen LogP) is 0.746. The van der Waals surface area contributed by atoms with Crippen molar-refractivity contribution >= 4 is 16.0 Å². The molecule has 2 N–H and O–H groups in total. The largest absolute Gasteiger partial charge is 0.495 e. The number of halogens is 1. The number of benzene rings is 1. The second-order valence-corrected chi connectivity index (χ2v) is 6.70. The van der Waals surface area contributed by atoms with Gasteiger partial charge in [0, 0.05) is 12.7 Å². The molecule has 122 valence electrons. The van der Waals surface area contributed by atoms with Gasteiger partial charge in [0.15, 0.2) is 0 Å². The Bertz CT molecular complexity index is 669. The van der Waals surface area contributed by atoms with Gasteiger partial charge in [-0.05, 0) is 18.6 Å². The van der Waals surface area contributed by atoms with Crippen molar-refractivity contribution in [3.8, 4) is 5.75 Å². The number of sulfonamides is 1. The van der Waals surface area contributed by atoms with Gasteiger partial charge in [-0.15, -0.1) is 0 Å². The fourth-order valence-electron chi connectivity index (χ4n) is 2.36. The van der Waals surface area contributed by atoms with Gasteiger partial charge in [-0.1, -0.05) is 0 Å². The van der Waals surface area contributed by atoms with Crippen LogP contribution in [0, 0.1) is 5.82 Å². The smallest absolute Gasteiger partial charge is 0.305 e. The van der Waals surface area contributed by atoms with Gasteiger partial charge in [0.1, 0.15) is 16.5 Å². The number of ether oxygens (including phenoxy) is 2. The van der Waals surface area contributed by atoms with Crippen molar-refractivity contribution < 1.29 is 32.2 Å². The van der Waals surface area contributed by atoms with Crippen LogP contribution in [0.1, 0.15) is 12.8 Å². The standard InChI is InChI=1S/C13H16FNO6S/c1-20-10-6-9(14)2-3-11(10)22(18,19)15-13(7-12(16)17)4-5-21-8-13/h2-3,6,15H,4-5,7-8H2,1H3,(H,16,17). The first-order valence-electron chi connectivity index (χ1n) is 6.45. The summed E-state index contributed by atoms with van der Waals surface area (Å²) >= 11 is 0. The lowest BCUT2D eigenvalue weighted by Gasteiger charge is -2.27. The number of hydrogen-bond donors (Lipinski definition) is 2. The summed E-state index contributed by atoms with van der Waals surface area (Å²) in [4.78, 5) is 10.7. The first-order valence-corrected chi connectivity index (χ1v) is 7.93. The molecule has 1 aromatic carbocycles. The Balaban J connectivity index is 2.36. The molecule has 0 bridgehead atoms. The molecule has 1 aromatic rings. The quantitative estimate of drug-likeness (QED) is 0.796. The maximum Gasteiger partial charge on any atom is 0.305 e. The van der Waals surface area contributed by atoms with E-state index in [4.69, 9.17) is 14.6 Å². The number of methoxy groups -OCH3 is 1. The molecule has 0 saturated carbocycles.